The number of rotatable bonds is 6. The van der Waals surface area contributed by atoms with Gasteiger partial charge in [-0.05, 0) is 56.7 Å². The summed E-state index contributed by atoms with van der Waals surface area (Å²) >= 11 is 0. The standard InChI is InChI=1S/C27H26N2O4/c1-4-33-26(31)27(3,32)24-18(2)20-14-8-10-16-22(20)29(24)23-17-11-9-15-21(23)28-25(30)19-12-6-5-7-13-19/h5-17,32H,4H2,1-3H3,(H,28,30). The highest BCUT2D eigenvalue weighted by atomic mass is 16.5. The molecule has 6 heteroatoms. The molecular weight excluding hydrogens is 416 g/mol. The fourth-order valence-electron chi connectivity index (χ4n) is 4.16. The molecule has 4 rings (SSSR count). The number of amides is 1. The predicted octanol–water partition coefficient (Wildman–Crippen LogP) is 4.96. The largest absolute Gasteiger partial charge is 0.464 e. The van der Waals surface area contributed by atoms with Crippen molar-refractivity contribution in [3.63, 3.8) is 0 Å². The quantitative estimate of drug-likeness (QED) is 0.414. The minimum absolute atomic E-state index is 0.151. The van der Waals surface area contributed by atoms with Crippen LogP contribution >= 0.6 is 0 Å². The lowest BCUT2D eigenvalue weighted by Gasteiger charge is -2.25. The Morgan fingerprint density at radius 3 is 2.33 bits per heavy atom. The van der Waals surface area contributed by atoms with Gasteiger partial charge in [-0.3, -0.25) is 4.79 Å². The van der Waals surface area contributed by atoms with Gasteiger partial charge in [0.2, 0.25) is 0 Å². The zero-order chi connectivity index (χ0) is 23.6. The van der Waals surface area contributed by atoms with Crippen LogP contribution < -0.4 is 5.32 Å². The minimum atomic E-state index is -1.91. The third-order valence-corrected chi connectivity index (χ3v) is 5.69. The smallest absolute Gasteiger partial charge is 0.344 e. The number of carbonyl (C=O) groups excluding carboxylic acids is 2. The number of hydrogen-bond donors (Lipinski definition) is 2. The number of para-hydroxylation sites is 3. The summed E-state index contributed by atoms with van der Waals surface area (Å²) in [6, 6.07) is 23.9. The number of nitrogens with zero attached hydrogens (tertiary/aromatic N) is 1. The molecule has 1 unspecified atom stereocenters. The van der Waals surface area contributed by atoms with Crippen LogP contribution in [0, 0.1) is 6.92 Å². The lowest BCUT2D eigenvalue weighted by molar-refractivity contribution is -0.164. The number of anilines is 1. The molecule has 4 aromatic rings. The number of aromatic nitrogens is 1. The van der Waals surface area contributed by atoms with Gasteiger partial charge >= 0.3 is 5.97 Å². The van der Waals surface area contributed by atoms with Crippen LogP contribution in [0.3, 0.4) is 0 Å². The molecule has 0 spiro atoms. The van der Waals surface area contributed by atoms with Crippen LogP contribution in [0.4, 0.5) is 5.69 Å². The molecule has 2 N–H and O–H groups in total. The monoisotopic (exact) mass is 442 g/mol. The summed E-state index contributed by atoms with van der Waals surface area (Å²) in [6.07, 6.45) is 0. The first-order chi connectivity index (χ1) is 15.9. The molecule has 1 amide bonds. The van der Waals surface area contributed by atoms with Crippen molar-refractivity contribution in [2.24, 2.45) is 0 Å². The summed E-state index contributed by atoms with van der Waals surface area (Å²) < 4.78 is 7.01. The Hall–Kier alpha value is -3.90. The number of nitrogens with one attached hydrogen (secondary N) is 1. The Morgan fingerprint density at radius 1 is 0.970 bits per heavy atom. The van der Waals surface area contributed by atoms with Gasteiger partial charge in [-0.15, -0.1) is 0 Å². The van der Waals surface area contributed by atoms with E-state index in [4.69, 9.17) is 4.74 Å². The second-order valence-corrected chi connectivity index (χ2v) is 7.96. The van der Waals surface area contributed by atoms with E-state index in [0.29, 0.717) is 22.6 Å². The molecule has 0 saturated heterocycles. The highest BCUT2D eigenvalue weighted by Crippen LogP contribution is 2.38. The predicted molar refractivity (Wildman–Crippen MR) is 129 cm³/mol. The second kappa shape index (κ2) is 8.92. The van der Waals surface area contributed by atoms with E-state index < -0.39 is 11.6 Å². The molecule has 1 atom stereocenters. The molecule has 3 aromatic carbocycles. The lowest BCUT2D eigenvalue weighted by Crippen LogP contribution is -2.36. The average Bonchev–Trinajstić information content (AvgIpc) is 3.13. The fourth-order valence-corrected chi connectivity index (χ4v) is 4.16. The van der Waals surface area contributed by atoms with Crippen molar-refractivity contribution in [3.05, 3.63) is 95.7 Å². The van der Waals surface area contributed by atoms with Crippen molar-refractivity contribution in [2.75, 3.05) is 11.9 Å². The van der Waals surface area contributed by atoms with E-state index in [0.717, 1.165) is 16.5 Å². The molecular formula is C27H26N2O4. The SMILES string of the molecule is CCOC(=O)C(C)(O)c1c(C)c2ccccc2n1-c1ccccc1NC(=O)c1ccccc1. The lowest BCUT2D eigenvalue weighted by atomic mass is 9.97. The van der Waals surface area contributed by atoms with Gasteiger partial charge in [0.05, 0.1) is 29.2 Å². The summed E-state index contributed by atoms with van der Waals surface area (Å²) in [5.41, 5.74) is 1.75. The van der Waals surface area contributed by atoms with E-state index in [1.165, 1.54) is 6.92 Å². The molecule has 0 fully saturated rings. The third kappa shape index (κ3) is 4.01. The first-order valence-corrected chi connectivity index (χ1v) is 10.8. The molecule has 6 nitrogen and oxygen atoms in total. The van der Waals surface area contributed by atoms with E-state index in [-0.39, 0.29) is 12.5 Å². The Kier molecular flexibility index (Phi) is 6.03. The van der Waals surface area contributed by atoms with Gasteiger partial charge in [0.1, 0.15) is 0 Å². The van der Waals surface area contributed by atoms with Crippen molar-refractivity contribution in [1.29, 1.82) is 0 Å². The molecule has 0 aliphatic carbocycles. The molecule has 1 aromatic heterocycles. The first kappa shape index (κ1) is 22.3. The van der Waals surface area contributed by atoms with E-state index in [1.807, 2.05) is 60.0 Å². The van der Waals surface area contributed by atoms with Crippen molar-refractivity contribution < 1.29 is 19.4 Å². The molecule has 0 aliphatic rings. The average molecular weight is 443 g/mol. The molecule has 33 heavy (non-hydrogen) atoms. The van der Waals surface area contributed by atoms with Crippen molar-refractivity contribution in [3.8, 4) is 5.69 Å². The number of fused-ring (bicyclic) bond motifs is 1. The highest BCUT2D eigenvalue weighted by molar-refractivity contribution is 6.05. The maximum absolute atomic E-state index is 12.9. The minimum Gasteiger partial charge on any atom is -0.464 e. The molecule has 0 aliphatic heterocycles. The van der Waals surface area contributed by atoms with Gasteiger partial charge in [0.15, 0.2) is 5.60 Å². The first-order valence-electron chi connectivity index (χ1n) is 10.8. The Balaban J connectivity index is 1.93. The molecule has 1 heterocycles. The van der Waals surface area contributed by atoms with Crippen molar-refractivity contribution >= 4 is 28.5 Å². The number of benzene rings is 3. The van der Waals surface area contributed by atoms with Gasteiger partial charge in [-0.25, -0.2) is 4.79 Å². The van der Waals surface area contributed by atoms with E-state index >= 15 is 0 Å². The summed E-state index contributed by atoms with van der Waals surface area (Å²) in [4.78, 5) is 25.7. The Labute approximate surface area is 192 Å². The van der Waals surface area contributed by atoms with Crippen LogP contribution in [-0.4, -0.2) is 28.2 Å². The van der Waals surface area contributed by atoms with Crippen LogP contribution in [0.1, 0.15) is 35.5 Å². The zero-order valence-electron chi connectivity index (χ0n) is 18.8. The number of aryl methyl sites for hydroxylation is 1. The van der Waals surface area contributed by atoms with Crippen LogP contribution in [0.25, 0.3) is 16.6 Å². The van der Waals surface area contributed by atoms with E-state index in [1.54, 1.807) is 37.3 Å². The molecule has 0 bridgehead atoms. The van der Waals surface area contributed by atoms with Gasteiger partial charge in [0.25, 0.3) is 5.91 Å². The third-order valence-electron chi connectivity index (χ3n) is 5.69. The van der Waals surface area contributed by atoms with Gasteiger partial charge in [-0.1, -0.05) is 48.5 Å². The van der Waals surface area contributed by atoms with Crippen LogP contribution in [-0.2, 0) is 15.1 Å². The summed E-state index contributed by atoms with van der Waals surface area (Å²) in [7, 11) is 0. The number of esters is 1. The summed E-state index contributed by atoms with van der Waals surface area (Å²) in [6.45, 7) is 5.16. The molecule has 168 valence electrons. The fraction of sp³-hybridized carbons (Fsp3) is 0.185. The van der Waals surface area contributed by atoms with Crippen LogP contribution in [0.5, 0.6) is 0 Å². The van der Waals surface area contributed by atoms with Crippen molar-refractivity contribution in [1.82, 2.24) is 4.57 Å². The number of aliphatic hydroxyl groups is 1. The molecule has 0 radical (unpaired) electrons. The van der Waals surface area contributed by atoms with Gasteiger partial charge in [-0.2, -0.15) is 0 Å². The maximum Gasteiger partial charge on any atom is 0.344 e. The number of hydrogen-bond acceptors (Lipinski definition) is 4. The zero-order valence-corrected chi connectivity index (χ0v) is 18.8. The molecule has 0 saturated carbocycles. The highest BCUT2D eigenvalue weighted by Gasteiger charge is 2.40. The maximum atomic E-state index is 12.9. The van der Waals surface area contributed by atoms with E-state index in [2.05, 4.69) is 5.32 Å². The van der Waals surface area contributed by atoms with Gasteiger partial charge < -0.3 is 19.7 Å². The Bertz CT molecular complexity index is 1320. The second-order valence-electron chi connectivity index (χ2n) is 7.96. The number of ether oxygens (including phenoxy) is 1. The summed E-state index contributed by atoms with van der Waals surface area (Å²) in [5, 5.41) is 15.2. The number of carbonyl (C=O) groups is 2. The Morgan fingerprint density at radius 2 is 1.61 bits per heavy atom. The summed E-state index contributed by atoms with van der Waals surface area (Å²) in [5.74, 6) is -0.988. The van der Waals surface area contributed by atoms with Crippen LogP contribution in [0.15, 0.2) is 78.9 Å². The van der Waals surface area contributed by atoms with Gasteiger partial charge in [0, 0.05) is 10.9 Å². The van der Waals surface area contributed by atoms with Crippen LogP contribution in [0.2, 0.25) is 0 Å². The topological polar surface area (TPSA) is 80.6 Å². The van der Waals surface area contributed by atoms with Crippen molar-refractivity contribution in [2.45, 2.75) is 26.4 Å². The van der Waals surface area contributed by atoms with E-state index in [9.17, 15) is 14.7 Å². The normalized spacial score (nSPS) is 12.8.